The maximum atomic E-state index is 4.89. The lowest BCUT2D eigenvalue weighted by molar-refractivity contribution is 0.723. The molecular formula is C17H17N. The molecule has 1 atom stereocenters. The molecule has 1 aliphatic heterocycles. The predicted molar refractivity (Wildman–Crippen MR) is 76.1 cm³/mol. The first-order valence-corrected chi connectivity index (χ1v) is 6.51. The average molecular weight is 235 g/mol. The lowest BCUT2D eigenvalue weighted by atomic mass is 10.0. The van der Waals surface area contributed by atoms with Gasteiger partial charge in [0.1, 0.15) is 0 Å². The van der Waals surface area contributed by atoms with Gasteiger partial charge in [0.25, 0.3) is 0 Å². The van der Waals surface area contributed by atoms with Crippen molar-refractivity contribution in [3.05, 3.63) is 71.3 Å². The molecule has 1 heterocycles. The van der Waals surface area contributed by atoms with E-state index in [1.54, 1.807) is 0 Å². The number of hydrogen-bond donors (Lipinski definition) is 0. The van der Waals surface area contributed by atoms with E-state index in [4.69, 9.17) is 4.99 Å². The number of benzene rings is 2. The fraction of sp³-hybridized carbons (Fsp3) is 0.235. The summed E-state index contributed by atoms with van der Waals surface area (Å²) in [5.41, 5.74) is 5.18. The summed E-state index contributed by atoms with van der Waals surface area (Å²) >= 11 is 0. The molecule has 0 aliphatic carbocycles. The third-order valence-electron chi connectivity index (χ3n) is 3.50. The molecule has 2 aromatic rings. The van der Waals surface area contributed by atoms with Gasteiger partial charge in [-0.1, -0.05) is 60.2 Å². The Morgan fingerprint density at radius 1 is 1.00 bits per heavy atom. The molecule has 0 radical (unpaired) electrons. The van der Waals surface area contributed by atoms with Gasteiger partial charge < -0.3 is 0 Å². The van der Waals surface area contributed by atoms with Gasteiger partial charge >= 0.3 is 0 Å². The molecule has 1 unspecified atom stereocenters. The van der Waals surface area contributed by atoms with Crippen molar-refractivity contribution in [3.8, 4) is 0 Å². The molecule has 0 aromatic heterocycles. The van der Waals surface area contributed by atoms with Crippen LogP contribution in [0.1, 0.15) is 35.6 Å². The van der Waals surface area contributed by atoms with Crippen LogP contribution in [-0.4, -0.2) is 5.71 Å². The van der Waals surface area contributed by atoms with Crippen molar-refractivity contribution in [2.45, 2.75) is 25.8 Å². The van der Waals surface area contributed by atoms with Gasteiger partial charge in [0.05, 0.1) is 6.04 Å². The summed E-state index contributed by atoms with van der Waals surface area (Å²) in [6.45, 7) is 2.13. The zero-order chi connectivity index (χ0) is 12.4. The van der Waals surface area contributed by atoms with Gasteiger partial charge in [-0.25, -0.2) is 0 Å². The van der Waals surface area contributed by atoms with Crippen LogP contribution in [0, 0.1) is 6.92 Å². The maximum absolute atomic E-state index is 4.89. The molecule has 0 saturated heterocycles. The van der Waals surface area contributed by atoms with Crippen molar-refractivity contribution < 1.29 is 0 Å². The van der Waals surface area contributed by atoms with Crippen molar-refractivity contribution >= 4 is 5.71 Å². The lowest BCUT2D eigenvalue weighted by Crippen LogP contribution is -1.95. The van der Waals surface area contributed by atoms with Crippen LogP contribution in [0.3, 0.4) is 0 Å². The van der Waals surface area contributed by atoms with Gasteiger partial charge in [-0.15, -0.1) is 0 Å². The first-order valence-electron chi connectivity index (χ1n) is 6.51. The van der Waals surface area contributed by atoms with Gasteiger partial charge in [0.15, 0.2) is 0 Å². The Morgan fingerprint density at radius 2 is 1.83 bits per heavy atom. The van der Waals surface area contributed by atoms with Crippen LogP contribution in [-0.2, 0) is 0 Å². The summed E-state index contributed by atoms with van der Waals surface area (Å²) in [6.07, 6.45) is 2.22. The highest BCUT2D eigenvalue weighted by molar-refractivity contribution is 6.01. The summed E-state index contributed by atoms with van der Waals surface area (Å²) in [7, 11) is 0. The second-order valence-electron chi connectivity index (χ2n) is 4.91. The topological polar surface area (TPSA) is 12.4 Å². The zero-order valence-corrected chi connectivity index (χ0v) is 10.6. The standard InChI is InChI=1S/C17H17N/c1-13-6-5-9-15(12-13)17-11-10-16(18-17)14-7-3-2-4-8-14/h2-9,12,16H,10-11H2,1H3. The van der Waals surface area contributed by atoms with E-state index in [0.717, 1.165) is 12.8 Å². The van der Waals surface area contributed by atoms with Crippen LogP contribution in [0.25, 0.3) is 0 Å². The highest BCUT2D eigenvalue weighted by atomic mass is 14.8. The largest absolute Gasteiger partial charge is 0.281 e. The van der Waals surface area contributed by atoms with Gasteiger partial charge in [0.2, 0.25) is 0 Å². The highest BCUT2D eigenvalue weighted by Gasteiger charge is 2.19. The Hall–Kier alpha value is -1.89. The fourth-order valence-corrected chi connectivity index (χ4v) is 2.55. The molecule has 0 amide bonds. The van der Waals surface area contributed by atoms with E-state index in [1.165, 1.54) is 22.4 Å². The van der Waals surface area contributed by atoms with Crippen LogP contribution >= 0.6 is 0 Å². The SMILES string of the molecule is Cc1cccc(C2=NC(c3ccccc3)CC2)c1. The van der Waals surface area contributed by atoms with E-state index in [1.807, 2.05) is 0 Å². The van der Waals surface area contributed by atoms with E-state index in [-0.39, 0.29) is 0 Å². The minimum Gasteiger partial charge on any atom is -0.281 e. The van der Waals surface area contributed by atoms with E-state index in [0.29, 0.717) is 6.04 Å². The zero-order valence-electron chi connectivity index (χ0n) is 10.6. The van der Waals surface area contributed by atoms with Crippen LogP contribution < -0.4 is 0 Å². The summed E-state index contributed by atoms with van der Waals surface area (Å²) < 4.78 is 0. The fourth-order valence-electron chi connectivity index (χ4n) is 2.55. The monoisotopic (exact) mass is 235 g/mol. The maximum Gasteiger partial charge on any atom is 0.0756 e. The van der Waals surface area contributed by atoms with Crippen LogP contribution in [0.5, 0.6) is 0 Å². The molecule has 0 fully saturated rings. The van der Waals surface area contributed by atoms with E-state index in [2.05, 4.69) is 61.5 Å². The Balaban J connectivity index is 1.88. The van der Waals surface area contributed by atoms with E-state index >= 15 is 0 Å². The van der Waals surface area contributed by atoms with Gasteiger partial charge in [-0.3, -0.25) is 4.99 Å². The molecule has 2 aromatic carbocycles. The third kappa shape index (κ3) is 2.21. The molecule has 0 N–H and O–H groups in total. The third-order valence-corrected chi connectivity index (χ3v) is 3.50. The lowest BCUT2D eigenvalue weighted by Gasteiger charge is -2.05. The molecular weight excluding hydrogens is 218 g/mol. The predicted octanol–water partition coefficient (Wildman–Crippen LogP) is 4.32. The number of nitrogens with zero attached hydrogens (tertiary/aromatic N) is 1. The minimum absolute atomic E-state index is 0.349. The van der Waals surface area contributed by atoms with Crippen molar-refractivity contribution in [2.24, 2.45) is 4.99 Å². The molecule has 1 nitrogen and oxygen atoms in total. The quantitative estimate of drug-likeness (QED) is 0.735. The van der Waals surface area contributed by atoms with Crippen molar-refractivity contribution in [1.82, 2.24) is 0 Å². The van der Waals surface area contributed by atoms with Gasteiger partial charge in [-0.2, -0.15) is 0 Å². The van der Waals surface area contributed by atoms with Crippen LogP contribution in [0.2, 0.25) is 0 Å². The normalized spacial score (nSPS) is 18.7. The second-order valence-corrected chi connectivity index (χ2v) is 4.91. The Kier molecular flexibility index (Phi) is 2.97. The number of aliphatic imine (C=N–C) groups is 1. The Bertz CT molecular complexity index is 569. The first-order chi connectivity index (χ1) is 8.83. The van der Waals surface area contributed by atoms with Crippen molar-refractivity contribution in [1.29, 1.82) is 0 Å². The van der Waals surface area contributed by atoms with Gasteiger partial charge in [0, 0.05) is 5.71 Å². The van der Waals surface area contributed by atoms with E-state index < -0.39 is 0 Å². The average Bonchev–Trinajstić information content (AvgIpc) is 2.89. The summed E-state index contributed by atoms with van der Waals surface area (Å²) in [5.74, 6) is 0. The minimum atomic E-state index is 0.349. The molecule has 1 heteroatoms. The number of aryl methyl sites for hydroxylation is 1. The molecule has 1 aliphatic rings. The first kappa shape index (κ1) is 11.2. The number of hydrogen-bond acceptors (Lipinski definition) is 1. The summed E-state index contributed by atoms with van der Waals surface area (Å²) in [5, 5.41) is 0. The Morgan fingerprint density at radius 3 is 2.61 bits per heavy atom. The molecule has 90 valence electrons. The highest BCUT2D eigenvalue weighted by Crippen LogP contribution is 2.30. The molecule has 0 saturated carbocycles. The van der Waals surface area contributed by atoms with Crippen LogP contribution in [0.4, 0.5) is 0 Å². The summed E-state index contributed by atoms with van der Waals surface area (Å²) in [6, 6.07) is 19.6. The number of rotatable bonds is 2. The van der Waals surface area contributed by atoms with Crippen molar-refractivity contribution in [3.63, 3.8) is 0 Å². The second kappa shape index (κ2) is 4.77. The summed E-state index contributed by atoms with van der Waals surface area (Å²) in [4.78, 5) is 4.89. The smallest absolute Gasteiger partial charge is 0.0756 e. The van der Waals surface area contributed by atoms with E-state index in [9.17, 15) is 0 Å². The molecule has 18 heavy (non-hydrogen) atoms. The molecule has 0 bridgehead atoms. The molecule has 3 rings (SSSR count). The van der Waals surface area contributed by atoms with Crippen LogP contribution in [0.15, 0.2) is 59.6 Å². The molecule has 0 spiro atoms. The van der Waals surface area contributed by atoms with Gasteiger partial charge in [-0.05, 0) is 30.9 Å². The van der Waals surface area contributed by atoms with Crippen molar-refractivity contribution in [2.75, 3.05) is 0 Å². The Labute approximate surface area is 108 Å².